The smallest absolute Gasteiger partial charge is 0.335 e. The maximum atomic E-state index is 12.3. The number of amides is 2. The Labute approximate surface area is 192 Å². The third kappa shape index (κ3) is 4.96. The topological polar surface area (TPSA) is 104 Å². The molecule has 1 unspecified atom stereocenters. The Hall–Kier alpha value is -3.52. The zero-order valence-electron chi connectivity index (χ0n) is 18.9. The molecule has 1 aliphatic rings. The SMILES string of the molecule is COc1cc(C(=O)O)ccc1C(C)c1c[nH]c2ccc(CCNC(=O)N3CCOCC3)cc12. The summed E-state index contributed by atoms with van der Waals surface area (Å²) < 4.78 is 10.8. The average molecular weight is 452 g/mol. The molecule has 0 aliphatic carbocycles. The predicted octanol–water partition coefficient (Wildman–Crippen LogP) is 3.61. The molecule has 1 aromatic heterocycles. The lowest BCUT2D eigenvalue weighted by atomic mass is 9.90. The van der Waals surface area contributed by atoms with Crippen LogP contribution in [0, 0.1) is 0 Å². The van der Waals surface area contributed by atoms with Crippen molar-refractivity contribution < 1.29 is 24.2 Å². The first-order valence-corrected chi connectivity index (χ1v) is 11.1. The molecule has 3 aromatic rings. The van der Waals surface area contributed by atoms with Crippen LogP contribution in [0.15, 0.2) is 42.6 Å². The first-order chi connectivity index (χ1) is 16.0. The number of carboxylic acid groups (broad SMARTS) is 1. The van der Waals surface area contributed by atoms with E-state index in [-0.39, 0.29) is 17.5 Å². The summed E-state index contributed by atoms with van der Waals surface area (Å²) in [4.78, 5) is 28.7. The van der Waals surface area contributed by atoms with Crippen LogP contribution in [0.3, 0.4) is 0 Å². The number of morpholine rings is 1. The van der Waals surface area contributed by atoms with Gasteiger partial charge in [0.05, 0.1) is 25.9 Å². The molecule has 4 rings (SSSR count). The zero-order chi connectivity index (χ0) is 23.4. The number of rotatable bonds is 7. The summed E-state index contributed by atoms with van der Waals surface area (Å²) in [6, 6.07) is 11.2. The van der Waals surface area contributed by atoms with Crippen LogP contribution in [0.4, 0.5) is 4.79 Å². The van der Waals surface area contributed by atoms with Gasteiger partial charge in [-0.1, -0.05) is 19.1 Å². The first-order valence-electron chi connectivity index (χ1n) is 11.1. The predicted molar refractivity (Wildman–Crippen MR) is 125 cm³/mol. The molecule has 0 radical (unpaired) electrons. The Morgan fingerprint density at radius 1 is 1.18 bits per heavy atom. The second kappa shape index (κ2) is 9.95. The van der Waals surface area contributed by atoms with Gasteiger partial charge in [-0.05, 0) is 41.8 Å². The quantitative estimate of drug-likeness (QED) is 0.509. The summed E-state index contributed by atoms with van der Waals surface area (Å²) in [5.41, 5.74) is 4.38. The number of benzene rings is 2. The molecule has 8 heteroatoms. The van der Waals surface area contributed by atoms with E-state index < -0.39 is 5.97 Å². The highest BCUT2D eigenvalue weighted by atomic mass is 16.5. The summed E-state index contributed by atoms with van der Waals surface area (Å²) in [6.07, 6.45) is 2.71. The Balaban J connectivity index is 1.50. The normalized spacial score (nSPS) is 14.8. The van der Waals surface area contributed by atoms with Crippen molar-refractivity contribution in [3.05, 3.63) is 64.8 Å². The Morgan fingerprint density at radius 3 is 2.70 bits per heavy atom. The van der Waals surface area contributed by atoms with E-state index in [2.05, 4.69) is 35.4 Å². The number of hydrogen-bond acceptors (Lipinski definition) is 4. The number of carbonyl (C=O) groups excluding carboxylic acids is 1. The number of H-pyrrole nitrogens is 1. The van der Waals surface area contributed by atoms with Gasteiger partial charge in [0.1, 0.15) is 5.75 Å². The molecule has 33 heavy (non-hydrogen) atoms. The number of aromatic amines is 1. The molecular formula is C25H29N3O5. The first kappa shape index (κ1) is 22.7. The largest absolute Gasteiger partial charge is 0.496 e. The van der Waals surface area contributed by atoms with E-state index in [4.69, 9.17) is 9.47 Å². The average Bonchev–Trinajstić information content (AvgIpc) is 3.27. The lowest BCUT2D eigenvalue weighted by molar-refractivity contribution is 0.0533. The minimum absolute atomic E-state index is 0.00665. The van der Waals surface area contributed by atoms with Gasteiger partial charge in [-0.25, -0.2) is 9.59 Å². The molecule has 0 bridgehead atoms. The molecule has 8 nitrogen and oxygen atoms in total. The Bertz CT molecular complexity index is 1150. The molecule has 1 aliphatic heterocycles. The Kier molecular flexibility index (Phi) is 6.84. The van der Waals surface area contributed by atoms with E-state index in [0.717, 1.165) is 34.0 Å². The summed E-state index contributed by atoms with van der Waals surface area (Å²) in [7, 11) is 1.55. The van der Waals surface area contributed by atoms with Crippen LogP contribution in [-0.2, 0) is 11.2 Å². The van der Waals surface area contributed by atoms with Crippen LogP contribution in [0.2, 0.25) is 0 Å². The fourth-order valence-corrected chi connectivity index (χ4v) is 4.26. The molecule has 1 fully saturated rings. The number of carboxylic acids is 1. The standard InChI is InChI=1S/C25H29N3O5/c1-16(19-5-4-18(24(29)30)14-23(19)32-2)21-15-27-22-6-3-17(13-20(21)22)7-8-26-25(31)28-9-11-33-12-10-28/h3-6,13-16,27H,7-12H2,1-2H3,(H,26,31)(H,29,30). The number of carbonyl (C=O) groups is 2. The zero-order valence-corrected chi connectivity index (χ0v) is 18.9. The third-order valence-corrected chi connectivity index (χ3v) is 6.18. The van der Waals surface area contributed by atoms with E-state index in [9.17, 15) is 14.7 Å². The lowest BCUT2D eigenvalue weighted by Gasteiger charge is -2.26. The van der Waals surface area contributed by atoms with Gasteiger partial charge in [0.15, 0.2) is 0 Å². The van der Waals surface area contributed by atoms with Crippen LogP contribution in [0.5, 0.6) is 5.75 Å². The summed E-state index contributed by atoms with van der Waals surface area (Å²) in [5.74, 6) is -0.434. The van der Waals surface area contributed by atoms with Crippen molar-refractivity contribution in [3.8, 4) is 5.75 Å². The van der Waals surface area contributed by atoms with Gasteiger partial charge in [-0.3, -0.25) is 0 Å². The van der Waals surface area contributed by atoms with E-state index in [1.54, 1.807) is 24.1 Å². The maximum absolute atomic E-state index is 12.3. The van der Waals surface area contributed by atoms with Crippen LogP contribution >= 0.6 is 0 Å². The highest BCUT2D eigenvalue weighted by Gasteiger charge is 2.19. The second-order valence-corrected chi connectivity index (χ2v) is 8.19. The van der Waals surface area contributed by atoms with Gasteiger partial charge >= 0.3 is 12.0 Å². The van der Waals surface area contributed by atoms with Crippen molar-refractivity contribution >= 4 is 22.9 Å². The molecule has 1 atom stereocenters. The van der Waals surface area contributed by atoms with Crippen molar-refractivity contribution in [1.29, 1.82) is 0 Å². The lowest BCUT2D eigenvalue weighted by Crippen LogP contribution is -2.46. The van der Waals surface area contributed by atoms with Crippen molar-refractivity contribution in [3.63, 3.8) is 0 Å². The highest BCUT2D eigenvalue weighted by molar-refractivity contribution is 5.89. The number of aromatic carboxylic acids is 1. The summed E-state index contributed by atoms with van der Waals surface area (Å²) in [5, 5.41) is 13.4. The molecular weight excluding hydrogens is 422 g/mol. The van der Waals surface area contributed by atoms with Crippen molar-refractivity contribution in [1.82, 2.24) is 15.2 Å². The Morgan fingerprint density at radius 2 is 1.97 bits per heavy atom. The molecule has 2 heterocycles. The van der Waals surface area contributed by atoms with Crippen LogP contribution in [0.25, 0.3) is 10.9 Å². The third-order valence-electron chi connectivity index (χ3n) is 6.18. The minimum atomic E-state index is -0.982. The monoisotopic (exact) mass is 451 g/mol. The van der Waals surface area contributed by atoms with Crippen LogP contribution in [0.1, 0.15) is 39.9 Å². The number of aromatic nitrogens is 1. The summed E-state index contributed by atoms with van der Waals surface area (Å²) in [6.45, 7) is 5.06. The number of hydrogen-bond donors (Lipinski definition) is 3. The van der Waals surface area contributed by atoms with Gasteiger partial charge < -0.3 is 29.8 Å². The number of ether oxygens (including phenoxy) is 2. The van der Waals surface area contributed by atoms with Gasteiger partial charge in [-0.15, -0.1) is 0 Å². The van der Waals surface area contributed by atoms with E-state index in [1.807, 2.05) is 12.3 Å². The van der Waals surface area contributed by atoms with Crippen molar-refractivity contribution in [2.75, 3.05) is 40.0 Å². The molecule has 0 saturated carbocycles. The number of nitrogens with zero attached hydrogens (tertiary/aromatic N) is 1. The van der Waals surface area contributed by atoms with Crippen molar-refractivity contribution in [2.24, 2.45) is 0 Å². The van der Waals surface area contributed by atoms with Crippen LogP contribution < -0.4 is 10.1 Å². The molecule has 2 aromatic carbocycles. The van der Waals surface area contributed by atoms with E-state index in [0.29, 0.717) is 38.6 Å². The number of urea groups is 1. The highest BCUT2D eigenvalue weighted by Crippen LogP contribution is 2.36. The molecule has 2 amide bonds. The second-order valence-electron chi connectivity index (χ2n) is 8.19. The van der Waals surface area contributed by atoms with Gasteiger partial charge in [-0.2, -0.15) is 0 Å². The van der Waals surface area contributed by atoms with Crippen LogP contribution in [-0.4, -0.2) is 66.9 Å². The van der Waals surface area contributed by atoms with E-state index >= 15 is 0 Å². The number of methoxy groups -OCH3 is 1. The number of fused-ring (bicyclic) bond motifs is 1. The molecule has 3 N–H and O–H groups in total. The fraction of sp³-hybridized carbons (Fsp3) is 0.360. The summed E-state index contributed by atoms with van der Waals surface area (Å²) >= 11 is 0. The number of nitrogens with one attached hydrogen (secondary N) is 2. The molecule has 1 saturated heterocycles. The fourth-order valence-electron chi connectivity index (χ4n) is 4.26. The van der Waals surface area contributed by atoms with Crippen molar-refractivity contribution in [2.45, 2.75) is 19.3 Å². The van der Waals surface area contributed by atoms with Gasteiger partial charge in [0.2, 0.25) is 0 Å². The van der Waals surface area contributed by atoms with Gasteiger partial charge in [0.25, 0.3) is 0 Å². The minimum Gasteiger partial charge on any atom is -0.496 e. The molecule has 174 valence electrons. The van der Waals surface area contributed by atoms with E-state index in [1.165, 1.54) is 0 Å². The maximum Gasteiger partial charge on any atom is 0.335 e. The van der Waals surface area contributed by atoms with Gasteiger partial charge in [0, 0.05) is 48.2 Å². The molecule has 0 spiro atoms.